The van der Waals surface area contributed by atoms with E-state index >= 15 is 0 Å². The van der Waals surface area contributed by atoms with Gasteiger partial charge < -0.3 is 15.2 Å². The molecule has 18 heavy (non-hydrogen) atoms. The Bertz CT molecular complexity index is 419. The van der Waals surface area contributed by atoms with Crippen LogP contribution in [0.3, 0.4) is 0 Å². The smallest absolute Gasteiger partial charge is 0.344 e. The lowest BCUT2D eigenvalue weighted by atomic mass is 10.1. The molecule has 1 aromatic rings. The minimum Gasteiger partial charge on any atom is -0.482 e. The van der Waals surface area contributed by atoms with Gasteiger partial charge in [0.25, 0.3) is 0 Å². The van der Waals surface area contributed by atoms with Gasteiger partial charge in [-0.3, -0.25) is 0 Å². The minimum absolute atomic E-state index is 0.192. The number of ether oxygens (including phenoxy) is 2. The highest BCUT2D eigenvalue weighted by Gasteiger charge is 2.12. The molecule has 4 nitrogen and oxygen atoms in total. The van der Waals surface area contributed by atoms with Gasteiger partial charge in [0, 0.05) is 11.6 Å². The number of nitrogens with two attached hydrogens (primary N) is 1. The molecule has 0 bridgehead atoms. The third kappa shape index (κ3) is 4.33. The average Bonchev–Trinajstić information content (AvgIpc) is 2.26. The van der Waals surface area contributed by atoms with Crippen molar-refractivity contribution in [3.8, 4) is 5.75 Å². The van der Waals surface area contributed by atoms with Crippen LogP contribution in [0.4, 0.5) is 4.39 Å². The zero-order chi connectivity index (χ0) is 13.7. The molecule has 0 unspecified atom stereocenters. The summed E-state index contributed by atoms with van der Waals surface area (Å²) in [6, 6.07) is 3.64. The highest BCUT2D eigenvalue weighted by molar-refractivity contribution is 5.71. The molecule has 5 heteroatoms. The van der Waals surface area contributed by atoms with Gasteiger partial charge in [0.2, 0.25) is 0 Å². The first-order valence-electron chi connectivity index (χ1n) is 5.77. The maximum absolute atomic E-state index is 13.1. The first kappa shape index (κ1) is 14.4. The first-order chi connectivity index (χ1) is 8.40. The maximum Gasteiger partial charge on any atom is 0.344 e. The van der Waals surface area contributed by atoms with Gasteiger partial charge in [-0.2, -0.15) is 0 Å². The lowest BCUT2D eigenvalue weighted by molar-refractivity contribution is -0.149. The SMILES string of the molecule is CC(C)OC(=O)COc1ccc(F)cc1[C@@H](C)N. The third-order valence-corrected chi connectivity index (χ3v) is 2.18. The second-order valence-corrected chi connectivity index (χ2v) is 4.30. The van der Waals surface area contributed by atoms with Gasteiger partial charge >= 0.3 is 5.97 Å². The number of hydrogen-bond donors (Lipinski definition) is 1. The Hall–Kier alpha value is -1.62. The Morgan fingerprint density at radius 3 is 2.61 bits per heavy atom. The van der Waals surface area contributed by atoms with Gasteiger partial charge in [-0.15, -0.1) is 0 Å². The van der Waals surface area contributed by atoms with Crippen molar-refractivity contribution in [1.29, 1.82) is 0 Å². The number of carbonyl (C=O) groups excluding carboxylic acids is 1. The number of halogens is 1. The Balaban J connectivity index is 2.70. The van der Waals surface area contributed by atoms with Crippen molar-refractivity contribution in [2.75, 3.05) is 6.61 Å². The van der Waals surface area contributed by atoms with Crippen molar-refractivity contribution >= 4 is 5.97 Å². The predicted octanol–water partition coefficient (Wildman–Crippen LogP) is 2.18. The minimum atomic E-state index is -0.468. The molecular weight excluding hydrogens is 237 g/mol. The van der Waals surface area contributed by atoms with Gasteiger partial charge in [0.1, 0.15) is 11.6 Å². The second kappa shape index (κ2) is 6.35. The fourth-order valence-electron chi connectivity index (χ4n) is 1.44. The average molecular weight is 255 g/mol. The number of rotatable bonds is 5. The van der Waals surface area contributed by atoms with Crippen molar-refractivity contribution in [3.63, 3.8) is 0 Å². The molecule has 100 valence electrons. The highest BCUT2D eigenvalue weighted by Crippen LogP contribution is 2.24. The van der Waals surface area contributed by atoms with Crippen LogP contribution in [0.25, 0.3) is 0 Å². The molecule has 0 aromatic heterocycles. The first-order valence-corrected chi connectivity index (χ1v) is 5.77. The van der Waals surface area contributed by atoms with Crippen LogP contribution < -0.4 is 10.5 Å². The Morgan fingerprint density at radius 2 is 2.06 bits per heavy atom. The molecule has 0 radical (unpaired) electrons. The summed E-state index contributed by atoms with van der Waals surface area (Å²) >= 11 is 0. The Labute approximate surface area is 106 Å². The molecule has 0 aliphatic rings. The molecule has 1 rings (SSSR count). The molecule has 0 saturated carbocycles. The van der Waals surface area contributed by atoms with E-state index in [9.17, 15) is 9.18 Å². The van der Waals surface area contributed by atoms with Crippen molar-refractivity contribution < 1.29 is 18.7 Å². The Morgan fingerprint density at radius 1 is 1.39 bits per heavy atom. The third-order valence-electron chi connectivity index (χ3n) is 2.18. The van der Waals surface area contributed by atoms with Crippen molar-refractivity contribution in [2.45, 2.75) is 32.9 Å². The van der Waals surface area contributed by atoms with E-state index in [1.807, 2.05) is 0 Å². The molecule has 0 heterocycles. The quantitative estimate of drug-likeness (QED) is 0.819. The summed E-state index contributed by atoms with van der Waals surface area (Å²) < 4.78 is 23.3. The van der Waals surface area contributed by atoms with E-state index in [-0.39, 0.29) is 24.6 Å². The summed E-state index contributed by atoms with van der Waals surface area (Å²) in [6.07, 6.45) is -0.192. The van der Waals surface area contributed by atoms with Gasteiger partial charge in [0.05, 0.1) is 6.10 Å². The molecule has 2 N–H and O–H groups in total. The summed E-state index contributed by atoms with van der Waals surface area (Å²) in [5.74, 6) is -0.462. The summed E-state index contributed by atoms with van der Waals surface area (Å²) in [5, 5.41) is 0. The molecule has 1 atom stereocenters. The fraction of sp³-hybridized carbons (Fsp3) is 0.462. The van der Waals surface area contributed by atoms with E-state index in [2.05, 4.69) is 0 Å². The van der Waals surface area contributed by atoms with E-state index in [0.29, 0.717) is 11.3 Å². The van der Waals surface area contributed by atoms with E-state index in [1.54, 1.807) is 20.8 Å². The van der Waals surface area contributed by atoms with Crippen molar-refractivity contribution in [2.24, 2.45) is 5.73 Å². The van der Waals surface area contributed by atoms with Crippen LogP contribution in [0, 0.1) is 5.82 Å². The standard InChI is InChI=1S/C13H18FNO3/c1-8(2)18-13(16)7-17-12-5-4-10(14)6-11(12)9(3)15/h4-6,8-9H,7,15H2,1-3H3/t9-/m1/s1. The molecule has 0 spiro atoms. The lowest BCUT2D eigenvalue weighted by Crippen LogP contribution is -2.19. The van der Waals surface area contributed by atoms with Crippen LogP contribution >= 0.6 is 0 Å². The van der Waals surface area contributed by atoms with Gasteiger partial charge in [0.15, 0.2) is 6.61 Å². The van der Waals surface area contributed by atoms with Crippen molar-refractivity contribution in [3.05, 3.63) is 29.6 Å². The largest absolute Gasteiger partial charge is 0.482 e. The topological polar surface area (TPSA) is 61.5 Å². The number of esters is 1. The van der Waals surface area contributed by atoms with Gasteiger partial charge in [-0.05, 0) is 39.0 Å². The molecular formula is C13H18FNO3. The normalized spacial score (nSPS) is 12.3. The van der Waals surface area contributed by atoms with E-state index in [4.69, 9.17) is 15.2 Å². The van der Waals surface area contributed by atoms with Crippen LogP contribution in [-0.2, 0) is 9.53 Å². The Kier molecular flexibility index (Phi) is 5.09. The zero-order valence-corrected chi connectivity index (χ0v) is 10.8. The van der Waals surface area contributed by atoms with E-state index in [1.165, 1.54) is 18.2 Å². The molecule has 0 amide bonds. The number of hydrogen-bond acceptors (Lipinski definition) is 4. The maximum atomic E-state index is 13.1. The predicted molar refractivity (Wildman–Crippen MR) is 65.7 cm³/mol. The fourth-order valence-corrected chi connectivity index (χ4v) is 1.44. The summed E-state index contributed by atoms with van der Waals surface area (Å²) in [6.45, 7) is 5.00. The zero-order valence-electron chi connectivity index (χ0n) is 10.8. The van der Waals surface area contributed by atoms with Crippen LogP contribution in [0.1, 0.15) is 32.4 Å². The van der Waals surface area contributed by atoms with Gasteiger partial charge in [-0.25, -0.2) is 9.18 Å². The van der Waals surface area contributed by atoms with Crippen LogP contribution in [0.5, 0.6) is 5.75 Å². The molecule has 0 fully saturated rings. The molecule has 0 aliphatic heterocycles. The summed E-state index contributed by atoms with van der Waals surface area (Å²) in [5.41, 5.74) is 6.23. The van der Waals surface area contributed by atoms with E-state index < -0.39 is 5.97 Å². The summed E-state index contributed by atoms with van der Waals surface area (Å²) in [7, 11) is 0. The van der Waals surface area contributed by atoms with Crippen LogP contribution in [0.15, 0.2) is 18.2 Å². The number of carbonyl (C=O) groups is 1. The molecule has 0 aliphatic carbocycles. The molecule has 0 saturated heterocycles. The van der Waals surface area contributed by atoms with Crippen LogP contribution in [0.2, 0.25) is 0 Å². The monoisotopic (exact) mass is 255 g/mol. The molecule has 1 aromatic carbocycles. The van der Waals surface area contributed by atoms with Crippen LogP contribution in [-0.4, -0.2) is 18.7 Å². The summed E-state index contributed by atoms with van der Waals surface area (Å²) in [4.78, 5) is 11.3. The van der Waals surface area contributed by atoms with E-state index in [0.717, 1.165) is 0 Å². The van der Waals surface area contributed by atoms with Crippen molar-refractivity contribution in [1.82, 2.24) is 0 Å². The highest BCUT2D eigenvalue weighted by atomic mass is 19.1. The van der Waals surface area contributed by atoms with Gasteiger partial charge in [-0.1, -0.05) is 0 Å². The lowest BCUT2D eigenvalue weighted by Gasteiger charge is -2.14. The second-order valence-electron chi connectivity index (χ2n) is 4.30. The number of benzene rings is 1.